The van der Waals surface area contributed by atoms with Gasteiger partial charge in [-0.15, -0.1) is 0 Å². The van der Waals surface area contributed by atoms with Crippen molar-refractivity contribution in [3.63, 3.8) is 0 Å². The molecule has 1 atom stereocenters. The Morgan fingerprint density at radius 2 is 1.96 bits per heavy atom. The minimum absolute atomic E-state index is 0.545. The van der Waals surface area contributed by atoms with Crippen molar-refractivity contribution in [1.82, 2.24) is 15.1 Å². The molecule has 2 aliphatic heterocycles. The van der Waals surface area contributed by atoms with Crippen molar-refractivity contribution in [2.75, 3.05) is 59.6 Å². The first kappa shape index (κ1) is 20.9. The number of nitrogens with one attached hydrogen (secondary N) is 1. The summed E-state index contributed by atoms with van der Waals surface area (Å²) >= 11 is 0. The van der Waals surface area contributed by atoms with Crippen LogP contribution in [-0.4, -0.2) is 81.4 Å². The zero-order valence-corrected chi connectivity index (χ0v) is 17.7. The van der Waals surface area contributed by atoms with Crippen LogP contribution in [0, 0.1) is 5.92 Å². The van der Waals surface area contributed by atoms with Gasteiger partial charge >= 0.3 is 0 Å². The van der Waals surface area contributed by atoms with Gasteiger partial charge in [-0.1, -0.05) is 26.0 Å². The smallest absolute Gasteiger partial charge is 0.193 e. The maximum atomic E-state index is 5.76. The molecule has 1 aromatic carbocycles. The van der Waals surface area contributed by atoms with Gasteiger partial charge in [-0.25, -0.2) is 0 Å². The second-order valence-electron chi connectivity index (χ2n) is 8.11. The first-order valence-corrected chi connectivity index (χ1v) is 10.6. The van der Waals surface area contributed by atoms with Crippen LogP contribution in [0.5, 0.6) is 5.75 Å². The molecule has 2 heterocycles. The number of guanidine groups is 1. The predicted octanol–water partition coefficient (Wildman–Crippen LogP) is 2.25. The molecule has 1 N–H and O–H groups in total. The SMILES string of the molecule is CN=C(NCCc1ccc(OCC(C)C)cc1)N1CCC(N2CCOCC2)C1. The van der Waals surface area contributed by atoms with Crippen LogP contribution in [0.3, 0.4) is 0 Å². The molecule has 6 heteroatoms. The van der Waals surface area contributed by atoms with E-state index >= 15 is 0 Å². The summed E-state index contributed by atoms with van der Waals surface area (Å²) in [6, 6.07) is 9.08. The Labute approximate surface area is 169 Å². The van der Waals surface area contributed by atoms with Crippen LogP contribution in [0.2, 0.25) is 0 Å². The van der Waals surface area contributed by atoms with Gasteiger partial charge in [0.2, 0.25) is 0 Å². The standard InChI is InChI=1S/C22H36N4O2/c1-18(2)17-28-21-6-4-19(5-7-21)8-10-24-22(23-3)26-11-9-20(16-26)25-12-14-27-15-13-25/h4-7,18,20H,8-17H2,1-3H3,(H,23,24). The highest BCUT2D eigenvalue weighted by atomic mass is 16.5. The molecular formula is C22H36N4O2. The zero-order chi connectivity index (χ0) is 19.8. The Morgan fingerprint density at radius 3 is 2.64 bits per heavy atom. The van der Waals surface area contributed by atoms with Crippen molar-refractivity contribution in [3.8, 4) is 5.75 Å². The molecule has 2 aliphatic rings. The first-order chi connectivity index (χ1) is 13.7. The number of benzene rings is 1. The molecule has 0 amide bonds. The van der Waals surface area contributed by atoms with E-state index in [4.69, 9.17) is 9.47 Å². The van der Waals surface area contributed by atoms with Gasteiger partial charge in [0.1, 0.15) is 5.75 Å². The molecule has 6 nitrogen and oxygen atoms in total. The van der Waals surface area contributed by atoms with Crippen molar-refractivity contribution >= 4 is 5.96 Å². The maximum absolute atomic E-state index is 5.76. The molecule has 0 aromatic heterocycles. The minimum atomic E-state index is 0.545. The van der Waals surface area contributed by atoms with Gasteiger partial charge in [0.15, 0.2) is 5.96 Å². The van der Waals surface area contributed by atoms with Crippen LogP contribution in [-0.2, 0) is 11.2 Å². The Hall–Kier alpha value is -1.79. The van der Waals surface area contributed by atoms with Gasteiger partial charge in [0.05, 0.1) is 19.8 Å². The van der Waals surface area contributed by atoms with Gasteiger partial charge in [-0.2, -0.15) is 0 Å². The van der Waals surface area contributed by atoms with Gasteiger partial charge in [-0.05, 0) is 36.5 Å². The lowest BCUT2D eigenvalue weighted by molar-refractivity contribution is 0.0195. The van der Waals surface area contributed by atoms with E-state index in [1.807, 2.05) is 7.05 Å². The van der Waals surface area contributed by atoms with Gasteiger partial charge in [-0.3, -0.25) is 9.89 Å². The monoisotopic (exact) mass is 388 g/mol. The van der Waals surface area contributed by atoms with Gasteiger partial charge in [0.25, 0.3) is 0 Å². The summed E-state index contributed by atoms with van der Waals surface area (Å²) < 4.78 is 11.2. The fourth-order valence-electron chi connectivity index (χ4n) is 3.84. The molecular weight excluding hydrogens is 352 g/mol. The minimum Gasteiger partial charge on any atom is -0.493 e. The Bertz CT molecular complexity index is 611. The van der Waals surface area contributed by atoms with Crippen LogP contribution >= 0.6 is 0 Å². The number of aliphatic imine (C=N–C) groups is 1. The predicted molar refractivity (Wildman–Crippen MR) is 114 cm³/mol. The van der Waals surface area contributed by atoms with E-state index in [0.29, 0.717) is 12.0 Å². The Morgan fingerprint density at radius 1 is 1.21 bits per heavy atom. The van der Waals surface area contributed by atoms with Gasteiger partial charge < -0.3 is 19.7 Å². The average molecular weight is 389 g/mol. The van der Waals surface area contributed by atoms with Crippen molar-refractivity contribution in [3.05, 3.63) is 29.8 Å². The number of nitrogens with zero attached hydrogens (tertiary/aromatic N) is 3. The maximum Gasteiger partial charge on any atom is 0.193 e. The Balaban J connectivity index is 1.41. The largest absolute Gasteiger partial charge is 0.493 e. The summed E-state index contributed by atoms with van der Waals surface area (Å²) in [6.45, 7) is 12.0. The third kappa shape index (κ3) is 6.11. The summed E-state index contributed by atoms with van der Waals surface area (Å²) in [4.78, 5) is 9.46. The van der Waals surface area contributed by atoms with Crippen LogP contribution in [0.25, 0.3) is 0 Å². The molecule has 2 fully saturated rings. The number of hydrogen-bond donors (Lipinski definition) is 1. The zero-order valence-electron chi connectivity index (χ0n) is 17.7. The third-order valence-corrected chi connectivity index (χ3v) is 5.44. The molecule has 0 radical (unpaired) electrons. The normalized spacial score (nSPS) is 21.4. The van der Waals surface area contributed by atoms with Crippen LogP contribution in [0.4, 0.5) is 0 Å². The summed E-state index contributed by atoms with van der Waals surface area (Å²) in [7, 11) is 1.88. The van der Waals surface area contributed by atoms with Crippen LogP contribution < -0.4 is 10.1 Å². The Kier molecular flexibility index (Phi) is 7.98. The first-order valence-electron chi connectivity index (χ1n) is 10.6. The van der Waals surface area contributed by atoms with Gasteiger partial charge in [0, 0.05) is 45.8 Å². The van der Waals surface area contributed by atoms with E-state index in [2.05, 4.69) is 58.2 Å². The lowest BCUT2D eigenvalue weighted by Crippen LogP contribution is -2.46. The molecule has 2 saturated heterocycles. The number of likely N-dealkylation sites (tertiary alicyclic amines) is 1. The summed E-state index contributed by atoms with van der Waals surface area (Å²) in [5, 5.41) is 3.54. The van der Waals surface area contributed by atoms with Crippen molar-refractivity contribution in [2.45, 2.75) is 32.7 Å². The number of rotatable bonds is 7. The van der Waals surface area contributed by atoms with Crippen molar-refractivity contribution < 1.29 is 9.47 Å². The lowest BCUT2D eigenvalue weighted by Gasteiger charge is -2.32. The highest BCUT2D eigenvalue weighted by Crippen LogP contribution is 2.17. The van der Waals surface area contributed by atoms with E-state index in [1.165, 1.54) is 12.0 Å². The second kappa shape index (κ2) is 10.7. The molecule has 1 unspecified atom stereocenters. The van der Waals surface area contributed by atoms with Crippen molar-refractivity contribution in [1.29, 1.82) is 0 Å². The molecule has 156 valence electrons. The summed E-state index contributed by atoms with van der Waals surface area (Å²) in [5.74, 6) is 2.52. The topological polar surface area (TPSA) is 49.3 Å². The van der Waals surface area contributed by atoms with Crippen molar-refractivity contribution in [2.24, 2.45) is 10.9 Å². The van der Waals surface area contributed by atoms with Crippen LogP contribution in [0.1, 0.15) is 25.8 Å². The molecule has 28 heavy (non-hydrogen) atoms. The fourth-order valence-corrected chi connectivity index (χ4v) is 3.84. The summed E-state index contributed by atoms with van der Waals surface area (Å²) in [6.07, 6.45) is 2.18. The van der Waals surface area contributed by atoms with E-state index in [9.17, 15) is 0 Å². The number of hydrogen-bond acceptors (Lipinski definition) is 4. The average Bonchev–Trinajstić information content (AvgIpc) is 3.21. The number of ether oxygens (including phenoxy) is 2. The highest BCUT2D eigenvalue weighted by Gasteiger charge is 2.30. The number of morpholine rings is 1. The quantitative estimate of drug-likeness (QED) is 0.573. The lowest BCUT2D eigenvalue weighted by atomic mass is 10.1. The highest BCUT2D eigenvalue weighted by molar-refractivity contribution is 5.80. The molecule has 0 aliphatic carbocycles. The van der Waals surface area contributed by atoms with E-state index in [-0.39, 0.29) is 0 Å². The molecule has 3 rings (SSSR count). The van der Waals surface area contributed by atoms with E-state index < -0.39 is 0 Å². The third-order valence-electron chi connectivity index (χ3n) is 5.44. The van der Waals surface area contributed by atoms with E-state index in [1.54, 1.807) is 0 Å². The summed E-state index contributed by atoms with van der Waals surface area (Å²) in [5.41, 5.74) is 1.31. The second-order valence-corrected chi connectivity index (χ2v) is 8.11. The molecule has 0 saturated carbocycles. The molecule has 0 bridgehead atoms. The fraction of sp³-hybridized carbons (Fsp3) is 0.682. The molecule has 1 aromatic rings. The van der Waals surface area contributed by atoms with E-state index in [0.717, 1.165) is 70.7 Å². The van der Waals surface area contributed by atoms with Crippen LogP contribution in [0.15, 0.2) is 29.3 Å². The molecule has 0 spiro atoms.